The Kier molecular flexibility index (Phi) is 3.19. The summed E-state index contributed by atoms with van der Waals surface area (Å²) in [5, 5.41) is 8.76. The average Bonchev–Trinajstić information content (AvgIpc) is 2.17. The summed E-state index contributed by atoms with van der Waals surface area (Å²) in [7, 11) is 1.97. The van der Waals surface area contributed by atoms with Crippen LogP contribution >= 0.6 is 0 Å². The third kappa shape index (κ3) is 2.39. The Morgan fingerprint density at radius 2 is 2.08 bits per heavy atom. The molecule has 0 saturated heterocycles. The standard InChI is InChI=1S/C9H15N3O/c1-7(2)12(3)9-5-10-8(6-13)4-11-9/h4-5,7,13H,6H2,1-3H3. The number of hydrogen-bond acceptors (Lipinski definition) is 4. The smallest absolute Gasteiger partial charge is 0.147 e. The molecule has 1 rings (SSSR count). The van der Waals surface area contributed by atoms with Crippen molar-refractivity contribution in [3.8, 4) is 0 Å². The van der Waals surface area contributed by atoms with Crippen molar-refractivity contribution in [3.05, 3.63) is 18.1 Å². The monoisotopic (exact) mass is 181 g/mol. The van der Waals surface area contributed by atoms with Gasteiger partial charge in [-0.15, -0.1) is 0 Å². The lowest BCUT2D eigenvalue weighted by Crippen LogP contribution is -2.26. The highest BCUT2D eigenvalue weighted by Crippen LogP contribution is 2.09. The van der Waals surface area contributed by atoms with Crippen molar-refractivity contribution >= 4 is 5.82 Å². The first-order valence-corrected chi connectivity index (χ1v) is 4.29. The molecule has 1 heterocycles. The fourth-order valence-corrected chi connectivity index (χ4v) is 0.876. The van der Waals surface area contributed by atoms with Gasteiger partial charge in [-0.05, 0) is 13.8 Å². The molecule has 0 amide bonds. The average molecular weight is 181 g/mol. The van der Waals surface area contributed by atoms with Crippen molar-refractivity contribution < 1.29 is 5.11 Å². The van der Waals surface area contributed by atoms with Crippen LogP contribution in [-0.2, 0) is 6.61 Å². The molecule has 0 unspecified atom stereocenters. The van der Waals surface area contributed by atoms with E-state index in [9.17, 15) is 0 Å². The van der Waals surface area contributed by atoms with E-state index in [1.165, 1.54) is 0 Å². The quantitative estimate of drug-likeness (QED) is 0.749. The summed E-state index contributed by atoms with van der Waals surface area (Å²) in [5.41, 5.74) is 0.598. The second-order valence-corrected chi connectivity index (χ2v) is 3.23. The predicted molar refractivity (Wildman–Crippen MR) is 51.5 cm³/mol. The van der Waals surface area contributed by atoms with Crippen LogP contribution in [-0.4, -0.2) is 28.2 Å². The third-order valence-electron chi connectivity index (χ3n) is 1.99. The van der Waals surface area contributed by atoms with Gasteiger partial charge < -0.3 is 10.0 Å². The number of aliphatic hydroxyl groups is 1. The van der Waals surface area contributed by atoms with Crippen LogP contribution in [0.5, 0.6) is 0 Å². The van der Waals surface area contributed by atoms with Gasteiger partial charge in [0.2, 0.25) is 0 Å². The topological polar surface area (TPSA) is 49.2 Å². The Hall–Kier alpha value is -1.16. The molecule has 0 radical (unpaired) electrons. The molecule has 13 heavy (non-hydrogen) atoms. The lowest BCUT2D eigenvalue weighted by Gasteiger charge is -2.21. The largest absolute Gasteiger partial charge is 0.390 e. The van der Waals surface area contributed by atoms with Crippen LogP contribution in [0.15, 0.2) is 12.4 Å². The number of anilines is 1. The molecule has 0 spiro atoms. The summed E-state index contributed by atoms with van der Waals surface area (Å²) in [5.74, 6) is 0.826. The molecule has 0 aliphatic heterocycles. The summed E-state index contributed by atoms with van der Waals surface area (Å²) in [6.07, 6.45) is 3.26. The SMILES string of the molecule is CC(C)N(C)c1cnc(CO)cn1. The van der Waals surface area contributed by atoms with Crippen LogP contribution in [0.2, 0.25) is 0 Å². The van der Waals surface area contributed by atoms with Gasteiger partial charge in [0, 0.05) is 13.1 Å². The summed E-state index contributed by atoms with van der Waals surface area (Å²) in [6.45, 7) is 4.11. The molecular weight excluding hydrogens is 166 g/mol. The van der Waals surface area contributed by atoms with E-state index in [-0.39, 0.29) is 6.61 Å². The fourth-order valence-electron chi connectivity index (χ4n) is 0.876. The Bertz CT molecular complexity index is 258. The molecule has 72 valence electrons. The van der Waals surface area contributed by atoms with Crippen LogP contribution in [0.1, 0.15) is 19.5 Å². The number of hydrogen-bond donors (Lipinski definition) is 1. The molecule has 4 nitrogen and oxygen atoms in total. The zero-order valence-electron chi connectivity index (χ0n) is 8.23. The van der Waals surface area contributed by atoms with Crippen molar-refractivity contribution in [2.45, 2.75) is 26.5 Å². The van der Waals surface area contributed by atoms with E-state index >= 15 is 0 Å². The molecule has 0 saturated carbocycles. The minimum absolute atomic E-state index is 0.0569. The number of aromatic nitrogens is 2. The van der Waals surface area contributed by atoms with Crippen LogP contribution in [0.4, 0.5) is 5.82 Å². The maximum absolute atomic E-state index is 8.76. The van der Waals surface area contributed by atoms with Gasteiger partial charge in [-0.3, -0.25) is 4.98 Å². The zero-order valence-corrected chi connectivity index (χ0v) is 8.23. The molecule has 1 N–H and O–H groups in total. The number of nitrogens with zero attached hydrogens (tertiary/aromatic N) is 3. The first kappa shape index (κ1) is 9.92. The maximum Gasteiger partial charge on any atom is 0.147 e. The van der Waals surface area contributed by atoms with Gasteiger partial charge in [-0.1, -0.05) is 0 Å². The van der Waals surface area contributed by atoms with Gasteiger partial charge in [0.25, 0.3) is 0 Å². The van der Waals surface area contributed by atoms with E-state index in [0.29, 0.717) is 11.7 Å². The number of rotatable bonds is 3. The summed E-state index contributed by atoms with van der Waals surface area (Å²) >= 11 is 0. The Morgan fingerprint density at radius 3 is 2.46 bits per heavy atom. The van der Waals surface area contributed by atoms with E-state index in [0.717, 1.165) is 5.82 Å². The normalized spacial score (nSPS) is 10.5. The van der Waals surface area contributed by atoms with E-state index in [1.807, 2.05) is 11.9 Å². The molecule has 0 aromatic carbocycles. The van der Waals surface area contributed by atoms with Gasteiger partial charge in [0.05, 0.1) is 24.7 Å². The zero-order chi connectivity index (χ0) is 9.84. The maximum atomic E-state index is 8.76. The second-order valence-electron chi connectivity index (χ2n) is 3.23. The number of aliphatic hydroxyl groups excluding tert-OH is 1. The molecule has 0 aliphatic carbocycles. The Labute approximate surface area is 78.2 Å². The van der Waals surface area contributed by atoms with E-state index in [4.69, 9.17) is 5.11 Å². The van der Waals surface area contributed by atoms with Gasteiger partial charge in [0.15, 0.2) is 0 Å². The molecule has 0 atom stereocenters. The van der Waals surface area contributed by atoms with Gasteiger partial charge in [0.1, 0.15) is 5.82 Å². The highest BCUT2D eigenvalue weighted by molar-refractivity contribution is 5.35. The van der Waals surface area contributed by atoms with Crippen molar-refractivity contribution in [3.63, 3.8) is 0 Å². The lowest BCUT2D eigenvalue weighted by molar-refractivity contribution is 0.276. The third-order valence-corrected chi connectivity index (χ3v) is 1.99. The van der Waals surface area contributed by atoms with E-state index < -0.39 is 0 Å². The predicted octanol–water partition coefficient (Wildman–Crippen LogP) is 0.813. The second kappa shape index (κ2) is 4.18. The van der Waals surface area contributed by atoms with E-state index in [1.54, 1.807) is 12.4 Å². The van der Waals surface area contributed by atoms with Crippen LogP contribution in [0, 0.1) is 0 Å². The highest BCUT2D eigenvalue weighted by atomic mass is 16.3. The summed E-state index contributed by atoms with van der Waals surface area (Å²) < 4.78 is 0. The lowest BCUT2D eigenvalue weighted by atomic mass is 10.3. The summed E-state index contributed by atoms with van der Waals surface area (Å²) in [4.78, 5) is 10.2. The van der Waals surface area contributed by atoms with Crippen molar-refractivity contribution in [2.24, 2.45) is 0 Å². The van der Waals surface area contributed by atoms with Gasteiger partial charge >= 0.3 is 0 Å². The van der Waals surface area contributed by atoms with Crippen molar-refractivity contribution in [1.29, 1.82) is 0 Å². The molecule has 0 aliphatic rings. The summed E-state index contributed by atoms with van der Waals surface area (Å²) in [6, 6.07) is 0.397. The van der Waals surface area contributed by atoms with Gasteiger partial charge in [-0.2, -0.15) is 0 Å². The molecule has 0 bridgehead atoms. The Balaban J connectivity index is 2.79. The highest BCUT2D eigenvalue weighted by Gasteiger charge is 2.05. The van der Waals surface area contributed by atoms with Crippen molar-refractivity contribution in [2.75, 3.05) is 11.9 Å². The minimum Gasteiger partial charge on any atom is -0.390 e. The van der Waals surface area contributed by atoms with Gasteiger partial charge in [-0.25, -0.2) is 4.98 Å². The fraction of sp³-hybridized carbons (Fsp3) is 0.556. The molecule has 0 fully saturated rings. The van der Waals surface area contributed by atoms with Crippen LogP contribution < -0.4 is 4.90 Å². The minimum atomic E-state index is -0.0569. The molecule has 1 aromatic rings. The van der Waals surface area contributed by atoms with Crippen LogP contribution in [0.3, 0.4) is 0 Å². The van der Waals surface area contributed by atoms with Crippen LogP contribution in [0.25, 0.3) is 0 Å². The van der Waals surface area contributed by atoms with Crippen molar-refractivity contribution in [1.82, 2.24) is 9.97 Å². The first-order chi connectivity index (χ1) is 6.15. The Morgan fingerprint density at radius 1 is 1.38 bits per heavy atom. The molecule has 1 aromatic heterocycles. The molecule has 4 heteroatoms. The first-order valence-electron chi connectivity index (χ1n) is 4.29. The molecular formula is C9H15N3O. The van der Waals surface area contributed by atoms with E-state index in [2.05, 4.69) is 23.8 Å².